The van der Waals surface area contributed by atoms with E-state index >= 15 is 0 Å². The highest BCUT2D eigenvalue weighted by molar-refractivity contribution is 4.97. The van der Waals surface area contributed by atoms with Gasteiger partial charge in [-0.15, -0.1) is 5.92 Å². The monoisotopic (exact) mass is 126 g/mol. The van der Waals surface area contributed by atoms with E-state index < -0.39 is 0 Å². The van der Waals surface area contributed by atoms with Crippen molar-refractivity contribution < 1.29 is 0 Å². The van der Waals surface area contributed by atoms with E-state index in [4.69, 9.17) is 5.73 Å². The molecule has 0 aromatic heterocycles. The molecule has 0 saturated carbocycles. The lowest BCUT2D eigenvalue weighted by Crippen LogP contribution is -2.25. The zero-order chi connectivity index (χ0) is 7.11. The highest BCUT2D eigenvalue weighted by Gasteiger charge is 1.89. The molecule has 52 valence electrons. The van der Waals surface area contributed by atoms with E-state index in [9.17, 15) is 0 Å². The fourth-order valence-corrected chi connectivity index (χ4v) is 0.513. The maximum Gasteiger partial charge on any atom is 0.0599 e. The van der Waals surface area contributed by atoms with Crippen LogP contribution in [0.15, 0.2) is 0 Å². The van der Waals surface area contributed by atoms with E-state index in [2.05, 4.69) is 16.7 Å². The van der Waals surface area contributed by atoms with Crippen molar-refractivity contribution in [2.24, 2.45) is 5.73 Å². The van der Waals surface area contributed by atoms with Gasteiger partial charge in [0, 0.05) is 13.1 Å². The quantitative estimate of drug-likeness (QED) is 0.535. The summed E-state index contributed by atoms with van der Waals surface area (Å²) in [5.41, 5.74) is 5.31. The normalized spacial score (nSPS) is 8.89. The third kappa shape index (κ3) is 5.35. The molecule has 0 unspecified atom stereocenters. The minimum Gasteiger partial charge on any atom is -0.329 e. The molecule has 0 fully saturated rings. The highest BCUT2D eigenvalue weighted by atomic mass is 15.1. The molecule has 0 aromatic carbocycles. The first-order chi connectivity index (χ1) is 4.31. The Kier molecular flexibility index (Phi) is 5.29. The van der Waals surface area contributed by atoms with Gasteiger partial charge in [0.25, 0.3) is 0 Å². The Morgan fingerprint density at radius 3 is 2.67 bits per heavy atom. The first kappa shape index (κ1) is 8.48. The van der Waals surface area contributed by atoms with Crippen molar-refractivity contribution in [2.45, 2.75) is 6.92 Å². The molecule has 0 saturated heterocycles. The number of nitrogens with two attached hydrogens (primary N) is 1. The molecule has 0 spiro atoms. The van der Waals surface area contributed by atoms with Gasteiger partial charge in [-0.25, -0.2) is 0 Å². The van der Waals surface area contributed by atoms with Crippen molar-refractivity contribution in [3.63, 3.8) is 0 Å². The van der Waals surface area contributed by atoms with Crippen LogP contribution in [0.5, 0.6) is 0 Å². The number of rotatable bonds is 3. The Labute approximate surface area is 57.0 Å². The number of hydrogen-bond donors (Lipinski definition) is 1. The molecule has 0 aliphatic heterocycles. The summed E-state index contributed by atoms with van der Waals surface area (Å²) in [6.07, 6.45) is 0. The zero-order valence-electron chi connectivity index (χ0n) is 6.15. The van der Waals surface area contributed by atoms with E-state index in [1.807, 2.05) is 14.0 Å². The molecular weight excluding hydrogens is 112 g/mol. The Morgan fingerprint density at radius 1 is 1.56 bits per heavy atom. The van der Waals surface area contributed by atoms with Crippen molar-refractivity contribution in [3.05, 3.63) is 0 Å². The molecular formula is C7H14N2. The maximum absolute atomic E-state index is 5.31. The van der Waals surface area contributed by atoms with E-state index in [0.717, 1.165) is 13.1 Å². The molecule has 2 N–H and O–H groups in total. The van der Waals surface area contributed by atoms with E-state index in [0.29, 0.717) is 6.54 Å². The summed E-state index contributed by atoms with van der Waals surface area (Å²) < 4.78 is 0. The van der Waals surface area contributed by atoms with Crippen LogP contribution in [-0.2, 0) is 0 Å². The average Bonchev–Trinajstić information content (AvgIpc) is 1.85. The first-order valence-electron chi connectivity index (χ1n) is 3.09. The molecule has 0 radical (unpaired) electrons. The van der Waals surface area contributed by atoms with Gasteiger partial charge in [-0.05, 0) is 14.0 Å². The fourth-order valence-electron chi connectivity index (χ4n) is 0.513. The second-order valence-electron chi connectivity index (χ2n) is 1.95. The van der Waals surface area contributed by atoms with Crippen LogP contribution in [0.3, 0.4) is 0 Å². The van der Waals surface area contributed by atoms with Gasteiger partial charge in [0.15, 0.2) is 0 Å². The Balaban J connectivity index is 3.22. The number of nitrogens with zero attached hydrogens (tertiary/aromatic N) is 1. The molecule has 0 aliphatic carbocycles. The molecule has 0 bridgehead atoms. The van der Waals surface area contributed by atoms with E-state index in [1.165, 1.54) is 0 Å². The lowest BCUT2D eigenvalue weighted by Gasteiger charge is -2.09. The lowest BCUT2D eigenvalue weighted by molar-refractivity contribution is 0.386. The van der Waals surface area contributed by atoms with Gasteiger partial charge in [0.2, 0.25) is 0 Å². The molecule has 0 aromatic rings. The fraction of sp³-hybridized carbons (Fsp3) is 0.714. The Hall–Kier alpha value is -0.520. The summed E-state index contributed by atoms with van der Waals surface area (Å²) in [5.74, 6) is 5.78. The molecule has 0 heterocycles. The standard InChI is InChI=1S/C7H14N2/c1-3-4-6-9(2)7-5-8/h5-8H2,1-2H3. The van der Waals surface area contributed by atoms with Crippen LogP contribution < -0.4 is 5.73 Å². The van der Waals surface area contributed by atoms with Gasteiger partial charge in [0.1, 0.15) is 0 Å². The summed E-state index contributed by atoms with van der Waals surface area (Å²) in [6, 6.07) is 0. The van der Waals surface area contributed by atoms with Crippen LogP contribution in [0.2, 0.25) is 0 Å². The summed E-state index contributed by atoms with van der Waals surface area (Å²) in [6.45, 7) is 4.31. The second kappa shape index (κ2) is 5.61. The highest BCUT2D eigenvalue weighted by Crippen LogP contribution is 1.75. The van der Waals surface area contributed by atoms with Crippen molar-refractivity contribution in [2.75, 3.05) is 26.7 Å². The minimum absolute atomic E-state index is 0.710. The van der Waals surface area contributed by atoms with E-state index in [1.54, 1.807) is 0 Å². The minimum atomic E-state index is 0.710. The van der Waals surface area contributed by atoms with Gasteiger partial charge >= 0.3 is 0 Å². The summed E-state index contributed by atoms with van der Waals surface area (Å²) in [7, 11) is 2.01. The SMILES string of the molecule is CC#CCN(C)CCN. The number of likely N-dealkylation sites (N-methyl/N-ethyl adjacent to an activating group) is 1. The molecule has 0 atom stereocenters. The second-order valence-corrected chi connectivity index (χ2v) is 1.95. The van der Waals surface area contributed by atoms with Crippen LogP contribution in [0, 0.1) is 11.8 Å². The van der Waals surface area contributed by atoms with Crippen molar-refractivity contribution in [1.29, 1.82) is 0 Å². The van der Waals surface area contributed by atoms with E-state index in [-0.39, 0.29) is 0 Å². The summed E-state index contributed by atoms with van der Waals surface area (Å²) in [4.78, 5) is 2.09. The van der Waals surface area contributed by atoms with Crippen LogP contribution >= 0.6 is 0 Å². The van der Waals surface area contributed by atoms with Crippen molar-refractivity contribution in [1.82, 2.24) is 4.90 Å². The zero-order valence-corrected chi connectivity index (χ0v) is 6.15. The third-order valence-corrected chi connectivity index (χ3v) is 1.04. The van der Waals surface area contributed by atoms with Gasteiger partial charge in [0.05, 0.1) is 6.54 Å². The van der Waals surface area contributed by atoms with Crippen LogP contribution in [0.25, 0.3) is 0 Å². The van der Waals surface area contributed by atoms with Gasteiger partial charge < -0.3 is 5.73 Å². The molecule has 0 amide bonds. The maximum atomic E-state index is 5.31. The van der Waals surface area contributed by atoms with Gasteiger partial charge in [-0.3, -0.25) is 4.90 Å². The summed E-state index contributed by atoms with van der Waals surface area (Å²) >= 11 is 0. The van der Waals surface area contributed by atoms with Gasteiger partial charge in [-0.2, -0.15) is 0 Å². The molecule has 9 heavy (non-hydrogen) atoms. The molecule has 2 heteroatoms. The van der Waals surface area contributed by atoms with Gasteiger partial charge in [-0.1, -0.05) is 5.92 Å². The summed E-state index contributed by atoms with van der Waals surface area (Å²) in [5, 5.41) is 0. The lowest BCUT2D eigenvalue weighted by atomic mass is 10.5. The molecule has 0 aliphatic rings. The van der Waals surface area contributed by atoms with Crippen LogP contribution in [0.4, 0.5) is 0 Å². The molecule has 0 rings (SSSR count). The third-order valence-electron chi connectivity index (χ3n) is 1.04. The predicted octanol–water partition coefficient (Wildman–Crippen LogP) is -0.0998. The predicted molar refractivity (Wildman–Crippen MR) is 40.0 cm³/mol. The Bertz CT molecular complexity index is 110. The topological polar surface area (TPSA) is 29.3 Å². The van der Waals surface area contributed by atoms with Crippen LogP contribution in [0.1, 0.15) is 6.92 Å². The van der Waals surface area contributed by atoms with Crippen molar-refractivity contribution in [3.8, 4) is 11.8 Å². The first-order valence-corrected chi connectivity index (χ1v) is 3.09. The average molecular weight is 126 g/mol. The molecule has 2 nitrogen and oxygen atoms in total. The van der Waals surface area contributed by atoms with Crippen LogP contribution in [-0.4, -0.2) is 31.6 Å². The number of hydrogen-bond acceptors (Lipinski definition) is 2. The largest absolute Gasteiger partial charge is 0.329 e. The Morgan fingerprint density at radius 2 is 2.22 bits per heavy atom. The smallest absolute Gasteiger partial charge is 0.0599 e. The van der Waals surface area contributed by atoms with Crippen molar-refractivity contribution >= 4 is 0 Å².